The number of nitrogens with two attached hydrogens (primary N) is 1. The zero-order valence-electron chi connectivity index (χ0n) is 11.4. The number of hydrogen-bond acceptors (Lipinski definition) is 3. The van der Waals surface area contributed by atoms with Gasteiger partial charge in [-0.15, -0.1) is 0 Å². The summed E-state index contributed by atoms with van der Waals surface area (Å²) in [6, 6.07) is 8.86. The molecule has 0 spiro atoms. The topological polar surface area (TPSA) is 38.5 Å². The average Bonchev–Trinajstić information content (AvgIpc) is 2.62. The maximum absolute atomic E-state index is 6.33. The molecule has 0 aliphatic heterocycles. The minimum Gasteiger partial charge on any atom is -0.495 e. The Balaban J connectivity index is 2.20. The molecule has 0 saturated heterocycles. The third-order valence-corrected chi connectivity index (χ3v) is 3.99. The van der Waals surface area contributed by atoms with Gasteiger partial charge < -0.3 is 15.4 Å². The van der Waals surface area contributed by atoms with Gasteiger partial charge in [0.05, 0.1) is 12.8 Å². The van der Waals surface area contributed by atoms with Crippen molar-refractivity contribution < 1.29 is 4.74 Å². The highest BCUT2D eigenvalue weighted by Crippen LogP contribution is 2.31. The Labute approximate surface area is 110 Å². The van der Waals surface area contributed by atoms with E-state index in [2.05, 4.69) is 24.1 Å². The quantitative estimate of drug-likeness (QED) is 0.836. The molecule has 0 bridgehead atoms. The van der Waals surface area contributed by atoms with E-state index in [9.17, 15) is 0 Å². The van der Waals surface area contributed by atoms with E-state index >= 15 is 0 Å². The van der Waals surface area contributed by atoms with Crippen molar-refractivity contribution in [1.82, 2.24) is 0 Å². The standard InChI is InChI=1S/C15H24N2O/c1-17(13-9-5-3-4-8-12(13)16)14-10-6-7-11-15(14)18-2/h6-7,10-13H,3-5,8-9,16H2,1-2H3. The van der Waals surface area contributed by atoms with Crippen molar-refractivity contribution in [2.45, 2.75) is 44.2 Å². The van der Waals surface area contributed by atoms with Crippen LogP contribution in [0.3, 0.4) is 0 Å². The molecule has 1 fully saturated rings. The summed E-state index contributed by atoms with van der Waals surface area (Å²) >= 11 is 0. The van der Waals surface area contributed by atoms with Gasteiger partial charge >= 0.3 is 0 Å². The number of hydrogen-bond donors (Lipinski definition) is 1. The van der Waals surface area contributed by atoms with Gasteiger partial charge in [-0.3, -0.25) is 0 Å². The fraction of sp³-hybridized carbons (Fsp3) is 0.600. The molecule has 0 heterocycles. The molecule has 1 aromatic carbocycles. The predicted octanol–water partition coefficient (Wildman–Crippen LogP) is 2.79. The minimum absolute atomic E-state index is 0.266. The molecule has 3 heteroatoms. The Kier molecular flexibility index (Phi) is 4.48. The molecule has 2 unspecified atom stereocenters. The maximum Gasteiger partial charge on any atom is 0.142 e. The van der Waals surface area contributed by atoms with Crippen molar-refractivity contribution in [3.63, 3.8) is 0 Å². The lowest BCUT2D eigenvalue weighted by Crippen LogP contribution is -2.45. The van der Waals surface area contributed by atoms with Gasteiger partial charge in [-0.05, 0) is 25.0 Å². The van der Waals surface area contributed by atoms with Crippen LogP contribution >= 0.6 is 0 Å². The van der Waals surface area contributed by atoms with Crippen molar-refractivity contribution in [3.8, 4) is 5.75 Å². The van der Waals surface area contributed by atoms with E-state index in [1.54, 1.807) is 7.11 Å². The fourth-order valence-corrected chi connectivity index (χ4v) is 2.90. The number of benzene rings is 1. The number of para-hydroxylation sites is 2. The lowest BCUT2D eigenvalue weighted by atomic mass is 10.0. The second-order valence-electron chi connectivity index (χ2n) is 5.15. The van der Waals surface area contributed by atoms with Crippen LogP contribution in [-0.2, 0) is 0 Å². The van der Waals surface area contributed by atoms with E-state index in [1.807, 2.05) is 12.1 Å². The zero-order valence-corrected chi connectivity index (χ0v) is 11.4. The predicted molar refractivity (Wildman–Crippen MR) is 76.2 cm³/mol. The van der Waals surface area contributed by atoms with Crippen molar-refractivity contribution in [1.29, 1.82) is 0 Å². The largest absolute Gasteiger partial charge is 0.495 e. The lowest BCUT2D eigenvalue weighted by molar-refractivity contribution is 0.409. The Morgan fingerprint density at radius 1 is 1.17 bits per heavy atom. The zero-order chi connectivity index (χ0) is 13.0. The molecule has 2 atom stereocenters. The summed E-state index contributed by atoms with van der Waals surface area (Å²) in [5, 5.41) is 0. The van der Waals surface area contributed by atoms with Crippen LogP contribution in [0.25, 0.3) is 0 Å². The summed E-state index contributed by atoms with van der Waals surface area (Å²) in [4.78, 5) is 2.30. The van der Waals surface area contributed by atoms with Gasteiger partial charge in [0.2, 0.25) is 0 Å². The number of ether oxygens (including phenoxy) is 1. The summed E-state index contributed by atoms with van der Waals surface area (Å²) in [5.74, 6) is 0.927. The summed E-state index contributed by atoms with van der Waals surface area (Å²) in [7, 11) is 3.85. The van der Waals surface area contributed by atoms with E-state index in [-0.39, 0.29) is 6.04 Å². The number of anilines is 1. The Morgan fingerprint density at radius 2 is 1.89 bits per heavy atom. The second-order valence-corrected chi connectivity index (χ2v) is 5.15. The molecule has 3 nitrogen and oxygen atoms in total. The number of methoxy groups -OCH3 is 1. The monoisotopic (exact) mass is 248 g/mol. The SMILES string of the molecule is COc1ccccc1N(C)C1CCCCCC1N. The van der Waals surface area contributed by atoms with Crippen LogP contribution in [0.2, 0.25) is 0 Å². The molecule has 1 aliphatic carbocycles. The molecule has 1 aromatic rings. The van der Waals surface area contributed by atoms with Crippen LogP contribution in [0.1, 0.15) is 32.1 Å². The lowest BCUT2D eigenvalue weighted by Gasteiger charge is -2.34. The van der Waals surface area contributed by atoms with E-state index in [0.29, 0.717) is 6.04 Å². The Hall–Kier alpha value is -1.22. The molecule has 2 N–H and O–H groups in total. The summed E-state index contributed by atoms with van der Waals surface area (Å²) < 4.78 is 5.44. The van der Waals surface area contributed by atoms with Gasteiger partial charge in [0.15, 0.2) is 0 Å². The van der Waals surface area contributed by atoms with Crippen molar-refractivity contribution in [2.75, 3.05) is 19.1 Å². The number of rotatable bonds is 3. The minimum atomic E-state index is 0.266. The third-order valence-electron chi connectivity index (χ3n) is 3.99. The van der Waals surface area contributed by atoms with Gasteiger partial charge in [0.25, 0.3) is 0 Å². The van der Waals surface area contributed by atoms with Gasteiger partial charge in [-0.2, -0.15) is 0 Å². The summed E-state index contributed by atoms with van der Waals surface area (Å²) in [5.41, 5.74) is 7.47. The van der Waals surface area contributed by atoms with E-state index in [4.69, 9.17) is 10.5 Å². The van der Waals surface area contributed by atoms with Crippen LogP contribution in [-0.4, -0.2) is 26.2 Å². The highest BCUT2D eigenvalue weighted by Gasteiger charge is 2.25. The summed E-state index contributed by atoms with van der Waals surface area (Å²) in [6.45, 7) is 0. The average molecular weight is 248 g/mol. The van der Waals surface area contributed by atoms with Crippen LogP contribution in [0, 0.1) is 0 Å². The first-order valence-electron chi connectivity index (χ1n) is 6.85. The van der Waals surface area contributed by atoms with Crippen molar-refractivity contribution >= 4 is 5.69 Å². The first-order valence-corrected chi connectivity index (χ1v) is 6.85. The Bertz CT molecular complexity index is 381. The Morgan fingerprint density at radius 3 is 2.67 bits per heavy atom. The van der Waals surface area contributed by atoms with E-state index in [0.717, 1.165) is 17.9 Å². The van der Waals surface area contributed by atoms with E-state index < -0.39 is 0 Å². The van der Waals surface area contributed by atoms with Gasteiger partial charge in [-0.1, -0.05) is 31.4 Å². The van der Waals surface area contributed by atoms with Crippen molar-refractivity contribution in [2.24, 2.45) is 5.73 Å². The maximum atomic E-state index is 6.33. The smallest absolute Gasteiger partial charge is 0.142 e. The normalized spacial score (nSPS) is 24.4. The van der Waals surface area contributed by atoms with Crippen LogP contribution in [0.5, 0.6) is 5.75 Å². The third kappa shape index (κ3) is 2.78. The molecular formula is C15H24N2O. The second kappa shape index (κ2) is 6.10. The molecular weight excluding hydrogens is 224 g/mol. The molecule has 2 rings (SSSR count). The van der Waals surface area contributed by atoms with Crippen LogP contribution < -0.4 is 15.4 Å². The first kappa shape index (κ1) is 13.2. The molecule has 0 amide bonds. The fourth-order valence-electron chi connectivity index (χ4n) is 2.90. The van der Waals surface area contributed by atoms with E-state index in [1.165, 1.54) is 25.7 Å². The number of likely N-dealkylation sites (N-methyl/N-ethyl adjacent to an activating group) is 1. The highest BCUT2D eigenvalue weighted by atomic mass is 16.5. The number of nitrogens with zero attached hydrogens (tertiary/aromatic N) is 1. The summed E-state index contributed by atoms with van der Waals surface area (Å²) in [6.07, 6.45) is 6.15. The highest BCUT2D eigenvalue weighted by molar-refractivity contribution is 5.58. The molecule has 1 aliphatic rings. The first-order chi connectivity index (χ1) is 8.74. The molecule has 18 heavy (non-hydrogen) atoms. The van der Waals surface area contributed by atoms with Crippen LogP contribution in [0.15, 0.2) is 24.3 Å². The van der Waals surface area contributed by atoms with Gasteiger partial charge in [0, 0.05) is 19.1 Å². The van der Waals surface area contributed by atoms with Crippen LogP contribution in [0.4, 0.5) is 5.69 Å². The molecule has 100 valence electrons. The van der Waals surface area contributed by atoms with Crippen molar-refractivity contribution in [3.05, 3.63) is 24.3 Å². The molecule has 0 radical (unpaired) electrons. The van der Waals surface area contributed by atoms with Gasteiger partial charge in [-0.25, -0.2) is 0 Å². The van der Waals surface area contributed by atoms with Gasteiger partial charge in [0.1, 0.15) is 5.75 Å². The molecule has 1 saturated carbocycles. The molecule has 0 aromatic heterocycles.